The standard InChI is InChI=1S/C21H26N2O3/c1-15-6-5-7-16(2)21(15)22-20(25)12-13-23(17(3)24)14-18-8-10-19(26-4)11-9-18/h5-11H,12-14H2,1-4H3,(H,22,25). The van der Waals surface area contributed by atoms with Gasteiger partial charge < -0.3 is 15.0 Å². The van der Waals surface area contributed by atoms with Crippen LogP contribution in [0.3, 0.4) is 0 Å². The van der Waals surface area contributed by atoms with E-state index in [2.05, 4.69) is 5.32 Å². The fourth-order valence-corrected chi connectivity index (χ4v) is 2.75. The van der Waals surface area contributed by atoms with Crippen molar-refractivity contribution >= 4 is 17.5 Å². The molecule has 138 valence electrons. The molecule has 0 radical (unpaired) electrons. The average molecular weight is 354 g/mol. The second-order valence-corrected chi connectivity index (χ2v) is 6.35. The molecule has 0 aliphatic rings. The maximum Gasteiger partial charge on any atom is 0.226 e. The van der Waals surface area contributed by atoms with Gasteiger partial charge in [-0.2, -0.15) is 0 Å². The number of amides is 2. The molecule has 0 aliphatic carbocycles. The van der Waals surface area contributed by atoms with Gasteiger partial charge >= 0.3 is 0 Å². The Kier molecular flexibility index (Phi) is 6.78. The van der Waals surface area contributed by atoms with Crippen LogP contribution in [0.4, 0.5) is 5.69 Å². The number of anilines is 1. The Morgan fingerprint density at radius 3 is 2.19 bits per heavy atom. The van der Waals surface area contributed by atoms with E-state index in [9.17, 15) is 9.59 Å². The summed E-state index contributed by atoms with van der Waals surface area (Å²) in [6, 6.07) is 13.5. The predicted octanol–water partition coefficient (Wildman–Crippen LogP) is 3.69. The number of aryl methyl sites for hydroxylation is 2. The Hall–Kier alpha value is -2.82. The normalized spacial score (nSPS) is 10.3. The summed E-state index contributed by atoms with van der Waals surface area (Å²) in [7, 11) is 1.62. The number of nitrogens with zero attached hydrogens (tertiary/aromatic N) is 1. The number of carbonyl (C=O) groups excluding carboxylic acids is 2. The highest BCUT2D eigenvalue weighted by molar-refractivity contribution is 5.92. The van der Waals surface area contributed by atoms with E-state index in [1.165, 1.54) is 6.92 Å². The monoisotopic (exact) mass is 354 g/mol. The second kappa shape index (κ2) is 9.04. The predicted molar refractivity (Wildman–Crippen MR) is 103 cm³/mol. The molecule has 0 saturated carbocycles. The number of benzene rings is 2. The zero-order chi connectivity index (χ0) is 19.1. The van der Waals surface area contributed by atoms with Crippen molar-refractivity contribution in [1.82, 2.24) is 4.90 Å². The number of para-hydroxylation sites is 1. The van der Waals surface area contributed by atoms with Crippen LogP contribution in [0.5, 0.6) is 5.75 Å². The van der Waals surface area contributed by atoms with Crippen LogP contribution in [0, 0.1) is 13.8 Å². The van der Waals surface area contributed by atoms with Gasteiger partial charge in [0.1, 0.15) is 5.75 Å². The third-order valence-corrected chi connectivity index (χ3v) is 4.33. The minimum Gasteiger partial charge on any atom is -0.497 e. The first kappa shape index (κ1) is 19.5. The third-order valence-electron chi connectivity index (χ3n) is 4.33. The molecule has 26 heavy (non-hydrogen) atoms. The van der Waals surface area contributed by atoms with Crippen molar-refractivity contribution in [3.05, 3.63) is 59.2 Å². The molecule has 2 aromatic carbocycles. The van der Waals surface area contributed by atoms with Gasteiger partial charge in [-0.25, -0.2) is 0 Å². The maximum atomic E-state index is 12.3. The molecule has 0 aliphatic heterocycles. The first-order chi connectivity index (χ1) is 12.4. The Morgan fingerprint density at radius 2 is 1.65 bits per heavy atom. The number of nitrogens with one attached hydrogen (secondary N) is 1. The molecule has 2 rings (SSSR count). The summed E-state index contributed by atoms with van der Waals surface area (Å²) < 4.78 is 5.14. The highest BCUT2D eigenvalue weighted by Crippen LogP contribution is 2.19. The van der Waals surface area contributed by atoms with Crippen LogP contribution in [-0.4, -0.2) is 30.4 Å². The molecule has 0 aromatic heterocycles. The lowest BCUT2D eigenvalue weighted by molar-refractivity contribution is -0.129. The van der Waals surface area contributed by atoms with Crippen LogP contribution in [0.1, 0.15) is 30.0 Å². The minimum absolute atomic E-state index is 0.0549. The van der Waals surface area contributed by atoms with Gasteiger partial charge in [0.2, 0.25) is 11.8 Å². The molecule has 2 amide bonds. The number of hydrogen-bond donors (Lipinski definition) is 1. The topological polar surface area (TPSA) is 58.6 Å². The molecule has 0 atom stereocenters. The van der Waals surface area contributed by atoms with E-state index >= 15 is 0 Å². The van der Waals surface area contributed by atoms with Gasteiger partial charge in [-0.05, 0) is 42.7 Å². The first-order valence-corrected chi connectivity index (χ1v) is 8.65. The van der Waals surface area contributed by atoms with E-state index in [1.54, 1.807) is 12.0 Å². The summed E-state index contributed by atoms with van der Waals surface area (Å²) in [5, 5.41) is 2.96. The highest BCUT2D eigenvalue weighted by Gasteiger charge is 2.13. The van der Waals surface area contributed by atoms with E-state index < -0.39 is 0 Å². The molecule has 1 N–H and O–H groups in total. The van der Waals surface area contributed by atoms with Gasteiger partial charge in [0.05, 0.1) is 7.11 Å². The van der Waals surface area contributed by atoms with Crippen LogP contribution in [-0.2, 0) is 16.1 Å². The zero-order valence-corrected chi connectivity index (χ0v) is 15.8. The quantitative estimate of drug-likeness (QED) is 0.825. The Bertz CT molecular complexity index is 749. The number of methoxy groups -OCH3 is 1. The van der Waals surface area contributed by atoms with Crippen LogP contribution in [0.2, 0.25) is 0 Å². The molecule has 5 nitrogen and oxygen atoms in total. The van der Waals surface area contributed by atoms with Crippen molar-refractivity contribution in [2.45, 2.75) is 33.7 Å². The molecule has 0 fully saturated rings. The van der Waals surface area contributed by atoms with Crippen molar-refractivity contribution in [2.75, 3.05) is 19.0 Å². The SMILES string of the molecule is COc1ccc(CN(CCC(=O)Nc2c(C)cccc2C)C(C)=O)cc1. The van der Waals surface area contributed by atoms with Crippen LogP contribution in [0.25, 0.3) is 0 Å². The van der Waals surface area contributed by atoms with Gasteiger partial charge in [0.25, 0.3) is 0 Å². The fourth-order valence-electron chi connectivity index (χ4n) is 2.75. The van der Waals surface area contributed by atoms with Gasteiger partial charge in [-0.3, -0.25) is 9.59 Å². The summed E-state index contributed by atoms with van der Waals surface area (Å²) in [6.07, 6.45) is 0.253. The van der Waals surface area contributed by atoms with Crippen LogP contribution < -0.4 is 10.1 Å². The molecule has 0 spiro atoms. The second-order valence-electron chi connectivity index (χ2n) is 6.35. The third kappa shape index (κ3) is 5.34. The Labute approximate surface area is 155 Å². The highest BCUT2D eigenvalue weighted by atomic mass is 16.5. The summed E-state index contributed by atoms with van der Waals surface area (Å²) in [5.74, 6) is 0.625. The molecular formula is C21H26N2O3. The molecule has 0 unspecified atom stereocenters. The van der Waals surface area contributed by atoms with Gasteiger partial charge in [0, 0.05) is 32.1 Å². The molecule has 2 aromatic rings. The van der Waals surface area contributed by atoms with Crippen LogP contribution >= 0.6 is 0 Å². The average Bonchev–Trinajstić information content (AvgIpc) is 2.62. The lowest BCUT2D eigenvalue weighted by atomic mass is 10.1. The van der Waals surface area contributed by atoms with Gasteiger partial charge in [-0.15, -0.1) is 0 Å². The molecule has 5 heteroatoms. The fraction of sp³-hybridized carbons (Fsp3) is 0.333. The molecular weight excluding hydrogens is 328 g/mol. The summed E-state index contributed by atoms with van der Waals surface area (Å²) in [4.78, 5) is 25.9. The van der Waals surface area contributed by atoms with E-state index in [0.717, 1.165) is 28.1 Å². The molecule has 0 heterocycles. The Morgan fingerprint density at radius 1 is 1.04 bits per heavy atom. The molecule has 0 bridgehead atoms. The lowest BCUT2D eigenvalue weighted by Crippen LogP contribution is -2.31. The van der Waals surface area contributed by atoms with E-state index in [0.29, 0.717) is 13.1 Å². The van der Waals surface area contributed by atoms with Gasteiger partial charge in [0.15, 0.2) is 0 Å². The van der Waals surface area contributed by atoms with E-state index in [-0.39, 0.29) is 18.2 Å². The zero-order valence-electron chi connectivity index (χ0n) is 15.8. The number of hydrogen-bond acceptors (Lipinski definition) is 3. The summed E-state index contributed by atoms with van der Waals surface area (Å²) >= 11 is 0. The lowest BCUT2D eigenvalue weighted by Gasteiger charge is -2.21. The van der Waals surface area contributed by atoms with Gasteiger partial charge in [-0.1, -0.05) is 30.3 Å². The van der Waals surface area contributed by atoms with Crippen molar-refractivity contribution in [3.63, 3.8) is 0 Å². The number of rotatable bonds is 7. The van der Waals surface area contributed by atoms with E-state index in [4.69, 9.17) is 4.74 Å². The smallest absolute Gasteiger partial charge is 0.226 e. The van der Waals surface area contributed by atoms with Crippen LogP contribution in [0.15, 0.2) is 42.5 Å². The van der Waals surface area contributed by atoms with Crippen molar-refractivity contribution in [1.29, 1.82) is 0 Å². The maximum absolute atomic E-state index is 12.3. The number of carbonyl (C=O) groups is 2. The van der Waals surface area contributed by atoms with Crippen molar-refractivity contribution in [3.8, 4) is 5.75 Å². The Balaban J connectivity index is 1.95. The molecule has 0 saturated heterocycles. The minimum atomic E-state index is -0.0941. The first-order valence-electron chi connectivity index (χ1n) is 8.65. The largest absolute Gasteiger partial charge is 0.497 e. The summed E-state index contributed by atoms with van der Waals surface area (Å²) in [6.45, 7) is 6.30. The van der Waals surface area contributed by atoms with E-state index in [1.807, 2.05) is 56.3 Å². The summed E-state index contributed by atoms with van der Waals surface area (Å²) in [5.41, 5.74) is 3.90. The van der Waals surface area contributed by atoms with Crippen molar-refractivity contribution in [2.24, 2.45) is 0 Å². The van der Waals surface area contributed by atoms with Crippen molar-refractivity contribution < 1.29 is 14.3 Å². The number of ether oxygens (including phenoxy) is 1.